The molecule has 142 valence electrons. The monoisotopic (exact) mass is 376 g/mol. The maximum atomic E-state index is 12.7. The lowest BCUT2D eigenvalue weighted by Gasteiger charge is -2.25. The van der Waals surface area contributed by atoms with Crippen molar-refractivity contribution < 1.29 is 4.79 Å². The lowest BCUT2D eigenvalue weighted by Crippen LogP contribution is -2.45. The van der Waals surface area contributed by atoms with Crippen LogP contribution in [0, 0.1) is 5.92 Å². The molecule has 1 aromatic carbocycles. The molecule has 0 saturated carbocycles. The quantitative estimate of drug-likeness (QED) is 0.892. The van der Waals surface area contributed by atoms with Gasteiger partial charge in [-0.3, -0.25) is 9.48 Å². The average molecular weight is 377 g/mol. The topological polar surface area (TPSA) is 64.2 Å². The molecule has 0 saturated heterocycles. The van der Waals surface area contributed by atoms with Crippen LogP contribution < -0.4 is 5.73 Å². The van der Waals surface area contributed by atoms with Crippen LogP contribution in [0.15, 0.2) is 30.3 Å². The van der Waals surface area contributed by atoms with Gasteiger partial charge in [-0.25, -0.2) is 0 Å². The molecule has 2 aromatic rings. The average Bonchev–Trinajstić information content (AvgIpc) is 2.77. The third-order valence-electron chi connectivity index (χ3n) is 4.93. The highest BCUT2D eigenvalue weighted by atomic mass is 35.5. The molecule has 2 heterocycles. The molecule has 1 aliphatic rings. The van der Waals surface area contributed by atoms with Crippen molar-refractivity contribution in [1.29, 1.82) is 0 Å². The van der Waals surface area contributed by atoms with Gasteiger partial charge in [-0.15, -0.1) is 12.4 Å². The fraction of sp³-hybridized carbons (Fsp3) is 0.500. The van der Waals surface area contributed by atoms with Gasteiger partial charge in [0.15, 0.2) is 0 Å². The number of aromatic nitrogens is 2. The van der Waals surface area contributed by atoms with Crippen LogP contribution in [-0.2, 0) is 24.7 Å². The molecule has 5 nitrogen and oxygen atoms in total. The molecular weight excluding hydrogens is 348 g/mol. The van der Waals surface area contributed by atoms with Crippen LogP contribution >= 0.6 is 12.4 Å². The van der Waals surface area contributed by atoms with Crippen LogP contribution in [0.2, 0.25) is 0 Å². The predicted octanol–water partition coefficient (Wildman–Crippen LogP) is 2.81. The Labute approximate surface area is 162 Å². The largest absolute Gasteiger partial charge is 0.341 e. The van der Waals surface area contributed by atoms with E-state index < -0.39 is 6.04 Å². The van der Waals surface area contributed by atoms with Crippen molar-refractivity contribution in [2.24, 2.45) is 18.7 Å². The summed E-state index contributed by atoms with van der Waals surface area (Å²) >= 11 is 0. The summed E-state index contributed by atoms with van der Waals surface area (Å²) in [5.74, 6) is 0.507. The summed E-state index contributed by atoms with van der Waals surface area (Å²) in [4.78, 5) is 14.6. The number of carbonyl (C=O) groups excluding carboxylic acids is 1. The molecule has 0 bridgehead atoms. The molecule has 0 aliphatic carbocycles. The Bertz CT molecular complexity index is 742. The van der Waals surface area contributed by atoms with E-state index in [1.807, 2.05) is 34.8 Å². The third-order valence-corrected chi connectivity index (χ3v) is 4.93. The number of nitrogens with two attached hydrogens (primary N) is 1. The minimum Gasteiger partial charge on any atom is -0.341 e. The molecule has 26 heavy (non-hydrogen) atoms. The van der Waals surface area contributed by atoms with Gasteiger partial charge >= 0.3 is 0 Å². The number of benzene rings is 1. The first-order valence-corrected chi connectivity index (χ1v) is 9.12. The van der Waals surface area contributed by atoms with Crippen molar-refractivity contribution in [3.63, 3.8) is 0 Å². The van der Waals surface area contributed by atoms with E-state index in [1.54, 1.807) is 0 Å². The number of carbonyl (C=O) groups is 1. The molecule has 2 N–H and O–H groups in total. The lowest BCUT2D eigenvalue weighted by molar-refractivity contribution is -0.132. The maximum Gasteiger partial charge on any atom is 0.239 e. The highest BCUT2D eigenvalue weighted by Crippen LogP contribution is 2.28. The second-order valence-electron chi connectivity index (χ2n) is 7.32. The smallest absolute Gasteiger partial charge is 0.239 e. The molecule has 1 amide bonds. The molecule has 1 aromatic heterocycles. The van der Waals surface area contributed by atoms with E-state index in [4.69, 9.17) is 10.8 Å². The normalized spacial score (nSPS) is 15.2. The van der Waals surface area contributed by atoms with Gasteiger partial charge in [0.05, 0.1) is 11.7 Å². The Hall–Kier alpha value is -1.85. The first-order valence-electron chi connectivity index (χ1n) is 9.12. The number of nitrogens with zero attached hydrogens (tertiary/aromatic N) is 3. The molecular formula is C20H29ClN4O. The number of rotatable bonds is 4. The zero-order valence-electron chi connectivity index (χ0n) is 15.8. The molecule has 0 radical (unpaired) electrons. The van der Waals surface area contributed by atoms with Crippen LogP contribution in [0.4, 0.5) is 0 Å². The van der Waals surface area contributed by atoms with Gasteiger partial charge in [0.1, 0.15) is 0 Å². The van der Waals surface area contributed by atoms with Gasteiger partial charge in [-0.1, -0.05) is 44.2 Å². The molecule has 1 atom stereocenters. The first kappa shape index (κ1) is 20.5. The van der Waals surface area contributed by atoms with E-state index in [9.17, 15) is 4.79 Å². The highest BCUT2D eigenvalue weighted by molar-refractivity contribution is 5.85. The number of aryl methyl sites for hydroxylation is 1. The summed E-state index contributed by atoms with van der Waals surface area (Å²) in [6.45, 7) is 5.63. The summed E-state index contributed by atoms with van der Waals surface area (Å²) in [5, 5.41) is 4.74. The Balaban J connectivity index is 0.00000243. The fourth-order valence-corrected chi connectivity index (χ4v) is 3.67. The zero-order valence-corrected chi connectivity index (χ0v) is 16.6. The Morgan fingerprint density at radius 3 is 2.50 bits per heavy atom. The molecule has 3 rings (SSSR count). The number of amides is 1. The first-order chi connectivity index (χ1) is 12.0. The predicted molar refractivity (Wildman–Crippen MR) is 107 cm³/mol. The number of fused-ring (bicyclic) bond motifs is 1. The van der Waals surface area contributed by atoms with Crippen LogP contribution in [0.5, 0.6) is 0 Å². The van der Waals surface area contributed by atoms with Gasteiger partial charge in [0.2, 0.25) is 5.91 Å². The van der Waals surface area contributed by atoms with Gasteiger partial charge in [-0.2, -0.15) is 5.10 Å². The number of halogens is 1. The van der Waals surface area contributed by atoms with Crippen molar-refractivity contribution in [2.45, 2.75) is 39.2 Å². The number of hydrogen-bond donors (Lipinski definition) is 1. The van der Waals surface area contributed by atoms with E-state index >= 15 is 0 Å². The second kappa shape index (κ2) is 8.69. The third kappa shape index (κ3) is 4.27. The molecule has 0 unspecified atom stereocenters. The summed E-state index contributed by atoms with van der Waals surface area (Å²) in [6.07, 6.45) is 2.39. The van der Waals surface area contributed by atoms with E-state index in [2.05, 4.69) is 26.0 Å². The Kier molecular flexibility index (Phi) is 6.84. The van der Waals surface area contributed by atoms with E-state index in [0.717, 1.165) is 30.5 Å². The van der Waals surface area contributed by atoms with Gasteiger partial charge in [-0.05, 0) is 18.8 Å². The number of hydrogen-bond acceptors (Lipinski definition) is 3. The van der Waals surface area contributed by atoms with Crippen molar-refractivity contribution >= 4 is 18.3 Å². The van der Waals surface area contributed by atoms with Crippen molar-refractivity contribution in [3.8, 4) is 11.3 Å². The highest BCUT2D eigenvalue weighted by Gasteiger charge is 2.27. The summed E-state index contributed by atoms with van der Waals surface area (Å²) in [7, 11) is 1.99. The minimum absolute atomic E-state index is 0. The van der Waals surface area contributed by atoms with E-state index in [1.165, 1.54) is 11.3 Å². The van der Waals surface area contributed by atoms with Crippen LogP contribution in [0.25, 0.3) is 11.3 Å². The van der Waals surface area contributed by atoms with Crippen molar-refractivity contribution in [3.05, 3.63) is 41.6 Å². The fourth-order valence-electron chi connectivity index (χ4n) is 3.67. The second-order valence-corrected chi connectivity index (χ2v) is 7.32. The van der Waals surface area contributed by atoms with Crippen LogP contribution in [0.1, 0.15) is 31.5 Å². The van der Waals surface area contributed by atoms with Gasteiger partial charge < -0.3 is 10.6 Å². The molecule has 0 spiro atoms. The van der Waals surface area contributed by atoms with E-state index in [0.29, 0.717) is 19.0 Å². The Morgan fingerprint density at radius 1 is 1.19 bits per heavy atom. The van der Waals surface area contributed by atoms with Gasteiger partial charge in [0.25, 0.3) is 0 Å². The lowest BCUT2D eigenvalue weighted by atomic mass is 10.0. The van der Waals surface area contributed by atoms with Crippen LogP contribution in [-0.4, -0.2) is 39.7 Å². The van der Waals surface area contributed by atoms with Crippen LogP contribution in [0.3, 0.4) is 0 Å². The Morgan fingerprint density at radius 2 is 1.85 bits per heavy atom. The van der Waals surface area contributed by atoms with Gasteiger partial charge in [0, 0.05) is 43.4 Å². The van der Waals surface area contributed by atoms with E-state index in [-0.39, 0.29) is 18.3 Å². The SMILES string of the molecule is CC(C)C[C@H](N)C(=O)N1CCc2c(-c3ccccc3)nn(C)c2CC1.Cl. The molecule has 6 heteroatoms. The zero-order chi connectivity index (χ0) is 18.0. The van der Waals surface area contributed by atoms with Crippen molar-refractivity contribution in [2.75, 3.05) is 13.1 Å². The standard InChI is InChI=1S/C20H28N4O.ClH/c1-14(2)13-17(21)20(25)24-11-9-16-18(10-12-24)23(3)22-19(16)15-7-5-4-6-8-15;/h4-8,14,17H,9-13,21H2,1-3H3;1H/t17-;/m0./s1. The minimum atomic E-state index is -0.395. The summed E-state index contributed by atoms with van der Waals surface area (Å²) in [5.41, 5.74) is 10.8. The molecule has 1 aliphatic heterocycles. The molecule has 0 fully saturated rings. The van der Waals surface area contributed by atoms with Crippen molar-refractivity contribution in [1.82, 2.24) is 14.7 Å². The summed E-state index contributed by atoms with van der Waals surface area (Å²) in [6, 6.07) is 9.88. The summed E-state index contributed by atoms with van der Waals surface area (Å²) < 4.78 is 1.97. The maximum absolute atomic E-state index is 12.7.